The predicted octanol–water partition coefficient (Wildman–Crippen LogP) is 2.99. The van der Waals surface area contributed by atoms with Crippen LogP contribution in [0.4, 0.5) is 0 Å². The van der Waals surface area contributed by atoms with E-state index in [9.17, 15) is 0 Å². The van der Waals surface area contributed by atoms with Gasteiger partial charge in [0.1, 0.15) is 5.01 Å². The summed E-state index contributed by atoms with van der Waals surface area (Å²) in [7, 11) is 1.85. The number of nitrogens with one attached hydrogen (secondary N) is 1. The summed E-state index contributed by atoms with van der Waals surface area (Å²) in [5.74, 6) is 0. The zero-order valence-electron chi connectivity index (χ0n) is 11.2. The van der Waals surface area contributed by atoms with Crippen molar-refractivity contribution in [2.24, 2.45) is 0 Å². The van der Waals surface area contributed by atoms with E-state index in [1.54, 1.807) is 11.3 Å². The molecule has 1 aromatic heterocycles. The quantitative estimate of drug-likeness (QED) is 0.909. The Kier molecular flexibility index (Phi) is 3.43. The first kappa shape index (κ1) is 12.6. The maximum Gasteiger partial charge on any atom is 0.116 e. The van der Waals surface area contributed by atoms with Gasteiger partial charge in [0, 0.05) is 24.2 Å². The minimum absolute atomic E-state index is 0.0207. The van der Waals surface area contributed by atoms with Crippen LogP contribution in [0.1, 0.15) is 49.2 Å². The summed E-state index contributed by atoms with van der Waals surface area (Å²) >= 11 is 1.79. The van der Waals surface area contributed by atoms with Gasteiger partial charge in [-0.25, -0.2) is 4.98 Å². The predicted molar refractivity (Wildman–Crippen MR) is 74.0 cm³/mol. The van der Waals surface area contributed by atoms with Crippen LogP contribution in [-0.4, -0.2) is 24.2 Å². The van der Waals surface area contributed by atoms with Gasteiger partial charge in [-0.3, -0.25) is 0 Å². The lowest BCUT2D eigenvalue weighted by molar-refractivity contribution is -0.0166. The minimum Gasteiger partial charge on any atom is -0.379 e. The molecule has 2 aliphatic carbocycles. The third-order valence-electron chi connectivity index (χ3n) is 4.16. The summed E-state index contributed by atoms with van der Waals surface area (Å²) in [6, 6.07) is 0.685. The van der Waals surface area contributed by atoms with Gasteiger partial charge in [-0.15, -0.1) is 11.3 Å². The van der Waals surface area contributed by atoms with Gasteiger partial charge in [-0.2, -0.15) is 0 Å². The maximum absolute atomic E-state index is 5.80. The fourth-order valence-electron chi connectivity index (χ4n) is 3.08. The molecule has 1 aromatic rings. The number of hydrogen-bond acceptors (Lipinski definition) is 4. The van der Waals surface area contributed by atoms with E-state index in [2.05, 4.69) is 17.6 Å². The molecule has 4 heteroatoms. The van der Waals surface area contributed by atoms with Gasteiger partial charge in [-0.1, -0.05) is 12.8 Å². The van der Waals surface area contributed by atoms with Crippen molar-refractivity contribution in [3.63, 3.8) is 0 Å². The van der Waals surface area contributed by atoms with Crippen LogP contribution in [0.3, 0.4) is 0 Å². The number of aryl methyl sites for hydroxylation is 1. The number of thiazole rings is 1. The molecular weight excluding hydrogens is 244 g/mol. The lowest BCUT2D eigenvalue weighted by Gasteiger charge is -2.43. The minimum atomic E-state index is -0.0207. The van der Waals surface area contributed by atoms with Crippen LogP contribution in [0.5, 0.6) is 0 Å². The van der Waals surface area contributed by atoms with Crippen molar-refractivity contribution in [2.75, 3.05) is 7.11 Å². The van der Waals surface area contributed by atoms with Gasteiger partial charge < -0.3 is 10.1 Å². The first-order valence-corrected chi connectivity index (χ1v) is 7.85. The Morgan fingerprint density at radius 1 is 1.39 bits per heavy atom. The molecule has 18 heavy (non-hydrogen) atoms. The van der Waals surface area contributed by atoms with E-state index in [-0.39, 0.29) is 11.6 Å². The molecule has 0 amide bonds. The second-order valence-corrected chi connectivity index (χ2v) is 6.51. The SMILES string of the molecule is COC1CCCCC1(NC1CC1)c1nc(C)cs1. The van der Waals surface area contributed by atoms with Crippen molar-refractivity contribution in [1.29, 1.82) is 0 Å². The average Bonchev–Trinajstić information content (AvgIpc) is 3.08. The van der Waals surface area contributed by atoms with E-state index in [4.69, 9.17) is 9.72 Å². The number of hydrogen-bond donors (Lipinski definition) is 1. The molecule has 0 radical (unpaired) electrons. The van der Waals surface area contributed by atoms with E-state index in [1.807, 2.05) is 7.11 Å². The van der Waals surface area contributed by atoms with E-state index in [1.165, 1.54) is 30.7 Å². The first-order chi connectivity index (χ1) is 8.74. The monoisotopic (exact) mass is 266 g/mol. The van der Waals surface area contributed by atoms with Crippen LogP contribution in [0.25, 0.3) is 0 Å². The smallest absolute Gasteiger partial charge is 0.116 e. The second kappa shape index (κ2) is 4.91. The maximum atomic E-state index is 5.80. The number of ether oxygens (including phenoxy) is 1. The van der Waals surface area contributed by atoms with Crippen molar-refractivity contribution < 1.29 is 4.74 Å². The lowest BCUT2D eigenvalue weighted by Crippen LogP contribution is -2.55. The molecule has 0 aliphatic heterocycles. The van der Waals surface area contributed by atoms with Crippen LogP contribution in [0.15, 0.2) is 5.38 Å². The number of methoxy groups -OCH3 is 1. The number of aromatic nitrogens is 1. The first-order valence-electron chi connectivity index (χ1n) is 6.98. The molecule has 0 saturated heterocycles. The molecule has 3 rings (SSSR count). The zero-order chi connectivity index (χ0) is 12.6. The van der Waals surface area contributed by atoms with Gasteiger partial charge in [0.15, 0.2) is 0 Å². The summed E-state index contributed by atoms with van der Waals surface area (Å²) in [6.45, 7) is 2.08. The zero-order valence-corrected chi connectivity index (χ0v) is 12.1. The van der Waals surface area contributed by atoms with Crippen molar-refractivity contribution in [2.45, 2.75) is 63.1 Å². The normalized spacial score (nSPS) is 32.7. The average molecular weight is 266 g/mol. The van der Waals surface area contributed by atoms with Gasteiger partial charge in [0.05, 0.1) is 11.6 Å². The second-order valence-electron chi connectivity index (χ2n) is 5.65. The van der Waals surface area contributed by atoms with Crippen LogP contribution in [0, 0.1) is 6.92 Å². The molecule has 1 heterocycles. The van der Waals surface area contributed by atoms with E-state index in [0.29, 0.717) is 6.04 Å². The molecule has 2 aliphatic rings. The lowest BCUT2D eigenvalue weighted by atomic mass is 9.79. The summed E-state index contributed by atoms with van der Waals surface area (Å²) in [5, 5.41) is 7.25. The number of rotatable bonds is 4. The molecule has 0 aromatic carbocycles. The van der Waals surface area contributed by atoms with Crippen molar-refractivity contribution >= 4 is 11.3 Å². The van der Waals surface area contributed by atoms with Gasteiger partial charge in [-0.05, 0) is 32.6 Å². The molecule has 2 saturated carbocycles. The van der Waals surface area contributed by atoms with E-state index in [0.717, 1.165) is 18.5 Å². The highest BCUT2D eigenvalue weighted by atomic mass is 32.1. The highest BCUT2D eigenvalue weighted by Crippen LogP contribution is 2.42. The molecule has 100 valence electrons. The van der Waals surface area contributed by atoms with Crippen molar-refractivity contribution in [3.05, 3.63) is 16.1 Å². The van der Waals surface area contributed by atoms with Crippen LogP contribution >= 0.6 is 11.3 Å². The summed E-state index contributed by atoms with van der Waals surface area (Å²) in [6.07, 6.45) is 7.75. The molecule has 1 N–H and O–H groups in total. The van der Waals surface area contributed by atoms with Crippen LogP contribution < -0.4 is 5.32 Å². The van der Waals surface area contributed by atoms with Crippen LogP contribution in [0.2, 0.25) is 0 Å². The summed E-state index contributed by atoms with van der Waals surface area (Å²) < 4.78 is 5.80. The Labute approximate surface area is 113 Å². The van der Waals surface area contributed by atoms with Gasteiger partial charge in [0.2, 0.25) is 0 Å². The molecule has 0 spiro atoms. The molecule has 2 atom stereocenters. The topological polar surface area (TPSA) is 34.1 Å². The Hall–Kier alpha value is -0.450. The largest absolute Gasteiger partial charge is 0.379 e. The van der Waals surface area contributed by atoms with E-state index >= 15 is 0 Å². The molecule has 2 fully saturated rings. The Morgan fingerprint density at radius 3 is 2.83 bits per heavy atom. The molecule has 3 nitrogen and oxygen atoms in total. The highest BCUT2D eigenvalue weighted by Gasteiger charge is 2.47. The Morgan fingerprint density at radius 2 is 2.22 bits per heavy atom. The highest BCUT2D eigenvalue weighted by molar-refractivity contribution is 7.09. The fourth-order valence-corrected chi connectivity index (χ4v) is 4.12. The van der Waals surface area contributed by atoms with Crippen molar-refractivity contribution in [1.82, 2.24) is 10.3 Å². The van der Waals surface area contributed by atoms with Crippen molar-refractivity contribution in [3.8, 4) is 0 Å². The summed E-state index contributed by atoms with van der Waals surface area (Å²) in [4.78, 5) is 4.76. The Bertz CT molecular complexity index is 416. The number of nitrogens with zero attached hydrogens (tertiary/aromatic N) is 1. The molecule has 2 unspecified atom stereocenters. The fraction of sp³-hybridized carbons (Fsp3) is 0.786. The standard InChI is InChI=1S/C14H22N2OS/c1-10-9-18-13(15-10)14(16-11-6-7-11)8-4-3-5-12(14)17-2/h9,11-12,16H,3-8H2,1-2H3. The molecule has 0 bridgehead atoms. The van der Waals surface area contributed by atoms with Gasteiger partial charge >= 0.3 is 0 Å². The molecular formula is C14H22N2OS. The van der Waals surface area contributed by atoms with Crippen LogP contribution in [-0.2, 0) is 10.3 Å². The van der Waals surface area contributed by atoms with E-state index < -0.39 is 0 Å². The Balaban J connectivity index is 1.94. The third kappa shape index (κ3) is 2.22. The third-order valence-corrected chi connectivity index (χ3v) is 5.30. The van der Waals surface area contributed by atoms with Gasteiger partial charge in [0.25, 0.3) is 0 Å². The summed E-state index contributed by atoms with van der Waals surface area (Å²) in [5.41, 5.74) is 1.11.